The Balaban J connectivity index is 1.25. The Kier molecular flexibility index (Phi) is 2.97. The van der Waals surface area contributed by atoms with Crippen LogP contribution in [0.5, 0.6) is 0 Å². The first-order chi connectivity index (χ1) is 10.6. The second kappa shape index (κ2) is 4.72. The van der Waals surface area contributed by atoms with E-state index in [-0.39, 0.29) is 18.0 Å². The molecule has 0 spiro atoms. The minimum absolute atomic E-state index is 0.00709. The Morgan fingerprint density at radius 2 is 1.64 bits per heavy atom. The number of carbonyl (C=O) groups is 1. The van der Waals surface area contributed by atoms with Crippen LogP contribution in [0.15, 0.2) is 0 Å². The van der Waals surface area contributed by atoms with Gasteiger partial charge in [-0.2, -0.15) is 0 Å². The highest BCUT2D eigenvalue weighted by molar-refractivity contribution is 5.74. The van der Waals surface area contributed by atoms with E-state index in [0.717, 1.165) is 30.6 Å². The van der Waals surface area contributed by atoms with E-state index in [0.29, 0.717) is 24.0 Å². The van der Waals surface area contributed by atoms with Crippen LogP contribution in [0.25, 0.3) is 0 Å². The molecular formula is C19H28O3. The summed E-state index contributed by atoms with van der Waals surface area (Å²) in [5.41, 5.74) is 0.339. The molecular weight excluding hydrogens is 276 g/mol. The van der Waals surface area contributed by atoms with Crippen molar-refractivity contribution in [3.05, 3.63) is 0 Å². The maximum Gasteiger partial charge on any atom is 0.311 e. The molecule has 4 aliphatic carbocycles. The van der Waals surface area contributed by atoms with Gasteiger partial charge in [-0.1, -0.05) is 6.92 Å². The highest BCUT2D eigenvalue weighted by Gasteiger charge is 2.53. The molecule has 22 heavy (non-hydrogen) atoms. The molecule has 0 N–H and O–H groups in total. The van der Waals surface area contributed by atoms with Crippen molar-refractivity contribution in [1.82, 2.24) is 0 Å². The van der Waals surface area contributed by atoms with Gasteiger partial charge in [-0.25, -0.2) is 0 Å². The van der Waals surface area contributed by atoms with E-state index in [9.17, 15) is 4.79 Å². The minimum Gasteiger partial charge on any atom is -0.465 e. The molecule has 0 radical (unpaired) electrons. The number of hydrogen-bond donors (Lipinski definition) is 0. The second-order valence-corrected chi connectivity index (χ2v) is 9.20. The van der Waals surface area contributed by atoms with Crippen molar-refractivity contribution >= 4 is 5.97 Å². The van der Waals surface area contributed by atoms with Crippen molar-refractivity contribution in [2.75, 3.05) is 6.61 Å². The van der Waals surface area contributed by atoms with Crippen molar-refractivity contribution in [3.8, 4) is 0 Å². The molecule has 6 bridgehead atoms. The average molecular weight is 304 g/mol. The second-order valence-electron chi connectivity index (χ2n) is 9.20. The highest BCUT2D eigenvalue weighted by Crippen LogP contribution is 2.60. The van der Waals surface area contributed by atoms with Gasteiger partial charge in [0.1, 0.15) is 0 Å². The van der Waals surface area contributed by atoms with E-state index >= 15 is 0 Å². The smallest absolute Gasteiger partial charge is 0.311 e. The minimum atomic E-state index is 0.00709. The van der Waals surface area contributed by atoms with Gasteiger partial charge in [-0.3, -0.25) is 4.79 Å². The van der Waals surface area contributed by atoms with Gasteiger partial charge in [-0.05, 0) is 75.0 Å². The lowest BCUT2D eigenvalue weighted by Gasteiger charge is -2.56. The van der Waals surface area contributed by atoms with Crippen LogP contribution in [0.2, 0.25) is 0 Å². The Labute approximate surface area is 133 Å². The monoisotopic (exact) mass is 304 g/mol. The van der Waals surface area contributed by atoms with Crippen LogP contribution in [0.1, 0.15) is 58.3 Å². The molecule has 4 saturated carbocycles. The molecule has 6 fully saturated rings. The molecule has 2 saturated heterocycles. The van der Waals surface area contributed by atoms with E-state index in [1.165, 1.54) is 38.5 Å². The van der Waals surface area contributed by atoms with Crippen LogP contribution >= 0.6 is 0 Å². The molecule has 122 valence electrons. The molecule has 0 amide bonds. The quantitative estimate of drug-likeness (QED) is 0.748. The number of carbonyl (C=O) groups excluding carboxylic acids is 1. The molecule has 6 rings (SSSR count). The first-order valence-electron chi connectivity index (χ1n) is 9.44. The third-order valence-corrected chi connectivity index (χ3v) is 7.60. The van der Waals surface area contributed by atoms with Crippen molar-refractivity contribution in [2.45, 2.75) is 70.5 Å². The zero-order valence-corrected chi connectivity index (χ0v) is 13.6. The largest absolute Gasteiger partial charge is 0.465 e. The molecule has 3 nitrogen and oxygen atoms in total. The van der Waals surface area contributed by atoms with Gasteiger partial charge in [0.05, 0.1) is 24.7 Å². The van der Waals surface area contributed by atoms with Gasteiger partial charge in [0.25, 0.3) is 0 Å². The zero-order valence-electron chi connectivity index (χ0n) is 13.6. The van der Waals surface area contributed by atoms with Crippen LogP contribution < -0.4 is 0 Å². The summed E-state index contributed by atoms with van der Waals surface area (Å²) in [5.74, 6) is 3.17. The third-order valence-electron chi connectivity index (χ3n) is 7.60. The molecule has 0 aromatic rings. The molecule has 3 heteroatoms. The maximum absolute atomic E-state index is 12.6. The standard InChI is InChI=1S/C19H28O3/c1-11-15-2-3-16(22-15)17(11)18(20)21-10-19-7-12-4-13(8-19)6-14(5-12)9-19/h11-17H,2-10H2,1H3/t11-,12?,13?,14?,15?,16?,17?,19?/m1/s1. The van der Waals surface area contributed by atoms with Crippen LogP contribution in [0, 0.1) is 35.0 Å². The first kappa shape index (κ1) is 13.8. The number of ether oxygens (including phenoxy) is 2. The molecule has 2 aliphatic heterocycles. The van der Waals surface area contributed by atoms with Gasteiger partial charge >= 0.3 is 5.97 Å². The summed E-state index contributed by atoms with van der Waals surface area (Å²) in [4.78, 5) is 12.6. The molecule has 6 aliphatic rings. The molecule has 3 unspecified atom stereocenters. The van der Waals surface area contributed by atoms with Gasteiger partial charge < -0.3 is 9.47 Å². The first-order valence-corrected chi connectivity index (χ1v) is 9.44. The van der Waals surface area contributed by atoms with Gasteiger partial charge in [0.15, 0.2) is 0 Å². The van der Waals surface area contributed by atoms with E-state index in [1.54, 1.807) is 0 Å². The summed E-state index contributed by atoms with van der Waals surface area (Å²) in [6.45, 7) is 2.86. The fourth-order valence-electron chi connectivity index (χ4n) is 7.06. The van der Waals surface area contributed by atoms with Crippen LogP contribution in [-0.2, 0) is 14.3 Å². The number of fused-ring (bicyclic) bond motifs is 2. The molecule has 2 heterocycles. The van der Waals surface area contributed by atoms with Gasteiger partial charge in [0.2, 0.25) is 0 Å². The third kappa shape index (κ3) is 2.00. The number of rotatable bonds is 3. The lowest BCUT2D eigenvalue weighted by atomic mass is 9.50. The van der Waals surface area contributed by atoms with E-state index in [4.69, 9.17) is 9.47 Å². The lowest BCUT2D eigenvalue weighted by molar-refractivity contribution is -0.162. The molecule has 0 aromatic heterocycles. The predicted octanol–water partition coefficient (Wildman–Crippen LogP) is 3.56. The van der Waals surface area contributed by atoms with E-state index in [2.05, 4.69) is 6.92 Å². The fourth-order valence-corrected chi connectivity index (χ4v) is 7.06. The van der Waals surface area contributed by atoms with E-state index < -0.39 is 0 Å². The average Bonchev–Trinajstić information content (AvgIpc) is 3.04. The van der Waals surface area contributed by atoms with Gasteiger partial charge in [-0.15, -0.1) is 0 Å². The van der Waals surface area contributed by atoms with Crippen LogP contribution in [0.3, 0.4) is 0 Å². The summed E-state index contributed by atoms with van der Waals surface area (Å²) in [5, 5.41) is 0. The number of hydrogen-bond acceptors (Lipinski definition) is 3. The number of esters is 1. The van der Waals surface area contributed by atoms with Crippen molar-refractivity contribution in [3.63, 3.8) is 0 Å². The van der Waals surface area contributed by atoms with E-state index in [1.807, 2.05) is 0 Å². The predicted molar refractivity (Wildman–Crippen MR) is 82.1 cm³/mol. The Hall–Kier alpha value is -0.570. The molecule has 0 aromatic carbocycles. The lowest BCUT2D eigenvalue weighted by Crippen LogP contribution is -2.49. The Morgan fingerprint density at radius 3 is 2.18 bits per heavy atom. The normalized spacial score (nSPS) is 54.9. The Bertz CT molecular complexity index is 448. The maximum atomic E-state index is 12.6. The summed E-state index contributed by atoms with van der Waals surface area (Å²) in [6.07, 6.45) is 10.9. The zero-order chi connectivity index (χ0) is 14.9. The van der Waals surface area contributed by atoms with Crippen molar-refractivity contribution < 1.29 is 14.3 Å². The Morgan fingerprint density at radius 1 is 1.05 bits per heavy atom. The summed E-state index contributed by atoms with van der Waals surface area (Å²) in [7, 11) is 0. The van der Waals surface area contributed by atoms with Gasteiger partial charge in [0, 0.05) is 5.41 Å². The van der Waals surface area contributed by atoms with Crippen molar-refractivity contribution in [1.29, 1.82) is 0 Å². The van der Waals surface area contributed by atoms with Crippen molar-refractivity contribution in [2.24, 2.45) is 35.0 Å². The summed E-state index contributed by atoms with van der Waals surface area (Å²) < 4.78 is 11.8. The highest BCUT2D eigenvalue weighted by atomic mass is 16.5. The fraction of sp³-hybridized carbons (Fsp3) is 0.947. The SMILES string of the molecule is C[C@@H]1C2CCC(O2)C1C(=O)OCC12CC3CC(CC(C3)C1)C2. The summed E-state index contributed by atoms with van der Waals surface area (Å²) in [6, 6.07) is 0. The van der Waals surface area contributed by atoms with Crippen LogP contribution in [-0.4, -0.2) is 24.8 Å². The molecule has 4 atom stereocenters. The van der Waals surface area contributed by atoms with Crippen LogP contribution in [0.4, 0.5) is 0 Å². The summed E-state index contributed by atoms with van der Waals surface area (Å²) >= 11 is 0. The topological polar surface area (TPSA) is 35.5 Å².